The molecule has 1 rings (SSSR count). The fourth-order valence-corrected chi connectivity index (χ4v) is 0.966. The summed E-state index contributed by atoms with van der Waals surface area (Å²) in [6.07, 6.45) is 1.74. The van der Waals surface area contributed by atoms with E-state index in [2.05, 4.69) is 17.2 Å². The van der Waals surface area contributed by atoms with Crippen LogP contribution in [0.3, 0.4) is 0 Å². The summed E-state index contributed by atoms with van der Waals surface area (Å²) in [7, 11) is 0. The molecule has 1 unspecified atom stereocenters. The highest BCUT2D eigenvalue weighted by molar-refractivity contribution is 4.94. The van der Waals surface area contributed by atoms with Gasteiger partial charge in [0.05, 0.1) is 12.2 Å². The smallest absolute Gasteiger partial charge is 0.211 e. The van der Waals surface area contributed by atoms with Crippen LogP contribution in [0.15, 0.2) is 10.6 Å². The number of aromatic nitrogens is 1. The van der Waals surface area contributed by atoms with Gasteiger partial charge in [-0.3, -0.25) is 0 Å². The van der Waals surface area contributed by atoms with Crippen molar-refractivity contribution in [2.75, 3.05) is 6.54 Å². The third-order valence-corrected chi connectivity index (χ3v) is 1.52. The van der Waals surface area contributed by atoms with Crippen LogP contribution >= 0.6 is 0 Å². The van der Waals surface area contributed by atoms with Crippen molar-refractivity contribution in [2.45, 2.75) is 26.8 Å². The lowest BCUT2D eigenvalue weighted by Crippen LogP contribution is -2.17. The van der Waals surface area contributed by atoms with Gasteiger partial charge in [-0.05, 0) is 20.4 Å². The second-order valence-electron chi connectivity index (χ2n) is 2.59. The highest BCUT2D eigenvalue weighted by Crippen LogP contribution is 2.10. The summed E-state index contributed by atoms with van der Waals surface area (Å²) in [6, 6.07) is 0.216. The first-order chi connectivity index (χ1) is 5.24. The average molecular weight is 154 g/mol. The molecule has 0 aliphatic rings. The molecule has 0 radical (unpaired) electrons. The van der Waals surface area contributed by atoms with Crippen LogP contribution in [-0.4, -0.2) is 11.5 Å². The Bertz CT molecular complexity index is 220. The van der Waals surface area contributed by atoms with Crippen LogP contribution in [0.2, 0.25) is 0 Å². The molecule has 0 aromatic carbocycles. The van der Waals surface area contributed by atoms with E-state index < -0.39 is 0 Å². The summed E-state index contributed by atoms with van der Waals surface area (Å²) in [5.74, 6) is 1.63. The van der Waals surface area contributed by atoms with E-state index in [4.69, 9.17) is 4.42 Å². The van der Waals surface area contributed by atoms with E-state index in [1.54, 1.807) is 6.20 Å². The van der Waals surface area contributed by atoms with Crippen LogP contribution in [0.5, 0.6) is 0 Å². The van der Waals surface area contributed by atoms with Gasteiger partial charge >= 0.3 is 0 Å². The molecule has 1 N–H and O–H groups in total. The van der Waals surface area contributed by atoms with Gasteiger partial charge in [0.2, 0.25) is 5.89 Å². The van der Waals surface area contributed by atoms with Crippen LogP contribution in [0.25, 0.3) is 0 Å². The van der Waals surface area contributed by atoms with E-state index in [1.807, 2.05) is 13.8 Å². The lowest BCUT2D eigenvalue weighted by atomic mass is 10.3. The summed E-state index contributed by atoms with van der Waals surface area (Å²) in [5, 5.41) is 3.22. The number of hydrogen-bond acceptors (Lipinski definition) is 3. The van der Waals surface area contributed by atoms with Crippen LogP contribution < -0.4 is 5.32 Å². The van der Waals surface area contributed by atoms with Crippen LogP contribution in [-0.2, 0) is 0 Å². The zero-order valence-electron chi connectivity index (χ0n) is 7.22. The Morgan fingerprint density at radius 2 is 2.45 bits per heavy atom. The Kier molecular flexibility index (Phi) is 2.65. The van der Waals surface area contributed by atoms with Crippen LogP contribution in [0.1, 0.15) is 31.5 Å². The summed E-state index contributed by atoms with van der Waals surface area (Å²) in [5.41, 5.74) is 0. The molecular weight excluding hydrogens is 140 g/mol. The Labute approximate surface area is 66.8 Å². The topological polar surface area (TPSA) is 38.1 Å². The van der Waals surface area contributed by atoms with Gasteiger partial charge in [-0.25, -0.2) is 4.98 Å². The van der Waals surface area contributed by atoms with E-state index in [9.17, 15) is 0 Å². The van der Waals surface area contributed by atoms with E-state index >= 15 is 0 Å². The molecule has 0 saturated carbocycles. The summed E-state index contributed by atoms with van der Waals surface area (Å²) in [6.45, 7) is 6.93. The number of nitrogens with zero attached hydrogens (tertiary/aromatic N) is 1. The van der Waals surface area contributed by atoms with Crippen molar-refractivity contribution < 1.29 is 4.42 Å². The normalized spacial score (nSPS) is 13.4. The second kappa shape index (κ2) is 3.53. The molecular formula is C8H14N2O. The molecule has 3 nitrogen and oxygen atoms in total. The molecule has 11 heavy (non-hydrogen) atoms. The maximum atomic E-state index is 5.32. The minimum absolute atomic E-state index is 0.216. The molecule has 1 atom stereocenters. The predicted octanol–water partition coefficient (Wildman–Crippen LogP) is 1.65. The fraction of sp³-hybridized carbons (Fsp3) is 0.625. The minimum Gasteiger partial charge on any atom is -0.444 e. The molecule has 1 heterocycles. The third-order valence-electron chi connectivity index (χ3n) is 1.52. The second-order valence-corrected chi connectivity index (χ2v) is 2.59. The highest BCUT2D eigenvalue weighted by atomic mass is 16.4. The Hall–Kier alpha value is -0.830. The quantitative estimate of drug-likeness (QED) is 0.719. The van der Waals surface area contributed by atoms with Gasteiger partial charge in [0.25, 0.3) is 0 Å². The Morgan fingerprint density at radius 3 is 2.91 bits per heavy atom. The molecule has 1 aromatic rings. The van der Waals surface area contributed by atoms with Gasteiger partial charge in [-0.2, -0.15) is 0 Å². The third kappa shape index (κ3) is 2.05. The molecule has 0 fully saturated rings. The lowest BCUT2D eigenvalue weighted by molar-refractivity contribution is 0.408. The first-order valence-corrected chi connectivity index (χ1v) is 3.89. The largest absolute Gasteiger partial charge is 0.444 e. The molecule has 0 amide bonds. The van der Waals surface area contributed by atoms with Gasteiger partial charge in [0.1, 0.15) is 5.76 Å². The van der Waals surface area contributed by atoms with Crippen molar-refractivity contribution in [1.82, 2.24) is 10.3 Å². The summed E-state index contributed by atoms with van der Waals surface area (Å²) in [4.78, 5) is 4.11. The highest BCUT2D eigenvalue weighted by Gasteiger charge is 2.08. The predicted molar refractivity (Wildman–Crippen MR) is 43.3 cm³/mol. The summed E-state index contributed by atoms with van der Waals surface area (Å²) < 4.78 is 5.32. The number of rotatable bonds is 3. The number of oxazole rings is 1. The number of nitrogens with one attached hydrogen (secondary N) is 1. The Balaban J connectivity index is 2.60. The number of hydrogen-bond donors (Lipinski definition) is 1. The van der Waals surface area contributed by atoms with Crippen molar-refractivity contribution in [1.29, 1.82) is 0 Å². The van der Waals surface area contributed by atoms with Gasteiger partial charge in [0, 0.05) is 0 Å². The van der Waals surface area contributed by atoms with E-state index in [-0.39, 0.29) is 6.04 Å². The lowest BCUT2D eigenvalue weighted by Gasteiger charge is -2.06. The van der Waals surface area contributed by atoms with Crippen molar-refractivity contribution in [3.63, 3.8) is 0 Å². The van der Waals surface area contributed by atoms with Crippen molar-refractivity contribution in [3.05, 3.63) is 17.8 Å². The zero-order chi connectivity index (χ0) is 8.27. The van der Waals surface area contributed by atoms with E-state index in [1.165, 1.54) is 0 Å². The number of aryl methyl sites for hydroxylation is 1. The molecule has 0 saturated heterocycles. The molecule has 0 spiro atoms. The van der Waals surface area contributed by atoms with E-state index in [0.29, 0.717) is 0 Å². The molecule has 62 valence electrons. The average Bonchev–Trinajstić information content (AvgIpc) is 2.36. The minimum atomic E-state index is 0.216. The first-order valence-electron chi connectivity index (χ1n) is 3.89. The van der Waals surface area contributed by atoms with Crippen molar-refractivity contribution in [3.8, 4) is 0 Å². The maximum absolute atomic E-state index is 5.32. The maximum Gasteiger partial charge on any atom is 0.211 e. The molecule has 0 bridgehead atoms. The van der Waals surface area contributed by atoms with Crippen LogP contribution in [0.4, 0.5) is 0 Å². The SMILES string of the molecule is CCNC(C)c1ncc(C)o1. The standard InChI is InChI=1S/C8H14N2O/c1-4-9-7(3)8-10-5-6(2)11-8/h5,7,9H,4H2,1-3H3. The Morgan fingerprint density at radius 1 is 1.73 bits per heavy atom. The molecule has 0 aliphatic heterocycles. The summed E-state index contributed by atoms with van der Waals surface area (Å²) >= 11 is 0. The van der Waals surface area contributed by atoms with Crippen molar-refractivity contribution in [2.24, 2.45) is 0 Å². The molecule has 1 aromatic heterocycles. The zero-order valence-corrected chi connectivity index (χ0v) is 7.22. The van der Waals surface area contributed by atoms with Gasteiger partial charge in [-0.1, -0.05) is 6.92 Å². The van der Waals surface area contributed by atoms with Gasteiger partial charge < -0.3 is 9.73 Å². The fourth-order valence-electron chi connectivity index (χ4n) is 0.966. The first kappa shape index (κ1) is 8.27. The molecule has 0 aliphatic carbocycles. The van der Waals surface area contributed by atoms with E-state index in [0.717, 1.165) is 18.2 Å². The van der Waals surface area contributed by atoms with Gasteiger partial charge in [-0.15, -0.1) is 0 Å². The van der Waals surface area contributed by atoms with Gasteiger partial charge in [0.15, 0.2) is 0 Å². The van der Waals surface area contributed by atoms with Crippen molar-refractivity contribution >= 4 is 0 Å². The monoisotopic (exact) mass is 154 g/mol. The molecule has 3 heteroatoms. The van der Waals surface area contributed by atoms with Crippen LogP contribution in [0, 0.1) is 6.92 Å².